The molecule has 1 aliphatic heterocycles. The highest BCUT2D eigenvalue weighted by molar-refractivity contribution is 5.34. The Morgan fingerprint density at radius 3 is 2.52 bits per heavy atom. The number of aliphatic hydroxyl groups is 1. The molecule has 132 valence electrons. The van der Waals surface area contributed by atoms with Crippen molar-refractivity contribution >= 4 is 0 Å². The number of hydrogen-bond acceptors (Lipinski definition) is 3. The average Bonchev–Trinajstić information content (AvgIpc) is 2.91. The number of nitrogens with zero attached hydrogens (tertiary/aromatic N) is 3. The third kappa shape index (κ3) is 4.12. The lowest BCUT2D eigenvalue weighted by atomic mass is 9.88. The summed E-state index contributed by atoms with van der Waals surface area (Å²) in [5, 5.41) is 19.7. The maximum Gasteiger partial charge on any atom is 0.120 e. The van der Waals surface area contributed by atoms with Crippen molar-refractivity contribution in [1.29, 1.82) is 5.26 Å². The van der Waals surface area contributed by atoms with Crippen molar-refractivity contribution in [3.05, 3.63) is 58.9 Å². The molecule has 3 rings (SSSR count). The lowest BCUT2D eigenvalue weighted by Gasteiger charge is -2.34. The lowest BCUT2D eigenvalue weighted by Crippen LogP contribution is -2.38. The van der Waals surface area contributed by atoms with Gasteiger partial charge in [-0.05, 0) is 62.4 Å². The molecule has 1 atom stereocenters. The zero-order chi connectivity index (χ0) is 17.8. The first-order valence-corrected chi connectivity index (χ1v) is 9.08. The van der Waals surface area contributed by atoms with Gasteiger partial charge in [-0.15, -0.1) is 0 Å². The Kier molecular flexibility index (Phi) is 5.57. The molecule has 0 saturated carbocycles. The molecule has 0 aliphatic carbocycles. The number of likely N-dealkylation sites (tertiary alicyclic amines) is 1. The maximum absolute atomic E-state index is 10.6. The molecule has 4 heteroatoms. The van der Waals surface area contributed by atoms with Crippen molar-refractivity contribution in [2.45, 2.75) is 38.8 Å². The van der Waals surface area contributed by atoms with Crippen LogP contribution in [0.5, 0.6) is 0 Å². The van der Waals surface area contributed by atoms with E-state index in [1.54, 1.807) is 0 Å². The molecule has 1 unspecified atom stereocenters. The van der Waals surface area contributed by atoms with Crippen LogP contribution in [0.15, 0.2) is 36.4 Å². The molecule has 25 heavy (non-hydrogen) atoms. The van der Waals surface area contributed by atoms with E-state index in [2.05, 4.69) is 30.0 Å². The first-order valence-electron chi connectivity index (χ1n) is 9.08. The van der Waals surface area contributed by atoms with Crippen molar-refractivity contribution in [2.24, 2.45) is 13.0 Å². The summed E-state index contributed by atoms with van der Waals surface area (Å²) >= 11 is 0. The molecule has 2 heterocycles. The van der Waals surface area contributed by atoms with Crippen molar-refractivity contribution < 1.29 is 5.11 Å². The van der Waals surface area contributed by atoms with E-state index in [-0.39, 0.29) is 6.10 Å². The summed E-state index contributed by atoms with van der Waals surface area (Å²) < 4.78 is 1.96. The van der Waals surface area contributed by atoms with Crippen molar-refractivity contribution in [2.75, 3.05) is 13.1 Å². The van der Waals surface area contributed by atoms with E-state index < -0.39 is 0 Å². The molecule has 1 saturated heterocycles. The van der Waals surface area contributed by atoms with E-state index >= 15 is 0 Å². The number of nitriles is 1. The van der Waals surface area contributed by atoms with Crippen LogP contribution in [0.1, 0.15) is 35.4 Å². The largest absolute Gasteiger partial charge is 0.392 e. The minimum absolute atomic E-state index is 0.256. The Labute approximate surface area is 150 Å². The van der Waals surface area contributed by atoms with E-state index in [0.29, 0.717) is 5.92 Å². The van der Waals surface area contributed by atoms with Crippen molar-refractivity contribution in [3.8, 4) is 6.07 Å². The second-order valence-electron chi connectivity index (χ2n) is 7.18. The number of aliphatic hydroxyl groups excluding tert-OH is 1. The number of rotatable bonds is 5. The minimum Gasteiger partial charge on any atom is -0.392 e. The minimum atomic E-state index is -0.256. The van der Waals surface area contributed by atoms with Gasteiger partial charge >= 0.3 is 0 Å². The summed E-state index contributed by atoms with van der Waals surface area (Å²) in [7, 11) is 1.95. The monoisotopic (exact) mass is 337 g/mol. The lowest BCUT2D eigenvalue weighted by molar-refractivity contribution is 0.0576. The zero-order valence-electron chi connectivity index (χ0n) is 15.2. The van der Waals surface area contributed by atoms with Gasteiger partial charge in [0.2, 0.25) is 0 Å². The van der Waals surface area contributed by atoms with E-state index in [9.17, 15) is 5.11 Å². The normalized spacial score (nSPS) is 17.4. The second kappa shape index (κ2) is 7.86. The Morgan fingerprint density at radius 1 is 1.24 bits per heavy atom. The third-order valence-corrected chi connectivity index (χ3v) is 5.61. The van der Waals surface area contributed by atoms with Gasteiger partial charge in [-0.2, -0.15) is 5.26 Å². The van der Waals surface area contributed by atoms with Crippen LogP contribution in [-0.4, -0.2) is 33.8 Å². The van der Waals surface area contributed by atoms with Crippen molar-refractivity contribution in [1.82, 2.24) is 9.47 Å². The van der Waals surface area contributed by atoms with Crippen LogP contribution in [0.2, 0.25) is 0 Å². The van der Waals surface area contributed by atoms with E-state index in [1.807, 2.05) is 35.9 Å². The molecule has 0 spiro atoms. The standard InChI is InChI=1S/C21H27N3O/c1-16-19(13-20(14-22)23(16)2)15-24-10-8-18(9-11-24)21(25)12-17-6-4-3-5-7-17/h3-7,13,18,21,25H,8-12,15H2,1-2H3. The molecule has 1 aliphatic rings. The highest BCUT2D eigenvalue weighted by Gasteiger charge is 2.26. The van der Waals surface area contributed by atoms with E-state index in [1.165, 1.54) is 16.8 Å². The van der Waals surface area contributed by atoms with Gasteiger partial charge in [-0.1, -0.05) is 30.3 Å². The van der Waals surface area contributed by atoms with Crippen LogP contribution in [-0.2, 0) is 20.0 Å². The molecule has 1 aromatic carbocycles. The van der Waals surface area contributed by atoms with Crippen LogP contribution >= 0.6 is 0 Å². The molecule has 1 fully saturated rings. The SMILES string of the molecule is Cc1c(CN2CCC(C(O)Cc3ccccc3)CC2)cc(C#N)n1C. The molecule has 0 amide bonds. The van der Waals surface area contributed by atoms with Crippen LogP contribution in [0.4, 0.5) is 0 Å². The Bertz CT molecular complexity index is 736. The zero-order valence-corrected chi connectivity index (χ0v) is 15.2. The van der Waals surface area contributed by atoms with Gasteiger partial charge < -0.3 is 9.67 Å². The van der Waals surface area contributed by atoms with Crippen LogP contribution in [0, 0.1) is 24.2 Å². The van der Waals surface area contributed by atoms with Gasteiger partial charge in [0.1, 0.15) is 11.8 Å². The van der Waals surface area contributed by atoms with Crippen LogP contribution in [0.25, 0.3) is 0 Å². The Morgan fingerprint density at radius 2 is 1.92 bits per heavy atom. The Hall–Kier alpha value is -2.09. The van der Waals surface area contributed by atoms with Crippen LogP contribution < -0.4 is 0 Å². The molecular weight excluding hydrogens is 310 g/mol. The molecular formula is C21H27N3O. The highest BCUT2D eigenvalue weighted by Crippen LogP contribution is 2.25. The molecule has 0 bridgehead atoms. The number of benzene rings is 1. The summed E-state index contributed by atoms with van der Waals surface area (Å²) in [5.41, 5.74) is 4.34. The third-order valence-electron chi connectivity index (χ3n) is 5.61. The smallest absolute Gasteiger partial charge is 0.120 e. The van der Waals surface area contributed by atoms with Gasteiger partial charge in [0, 0.05) is 19.3 Å². The van der Waals surface area contributed by atoms with E-state index in [4.69, 9.17) is 5.26 Å². The highest BCUT2D eigenvalue weighted by atomic mass is 16.3. The first kappa shape index (κ1) is 17.7. The Balaban J connectivity index is 1.53. The number of piperidine rings is 1. The fraction of sp³-hybridized carbons (Fsp3) is 0.476. The molecule has 1 aromatic heterocycles. The van der Waals surface area contributed by atoms with E-state index in [0.717, 1.165) is 44.6 Å². The molecule has 0 radical (unpaired) electrons. The van der Waals surface area contributed by atoms with Gasteiger partial charge in [-0.25, -0.2) is 0 Å². The molecule has 2 aromatic rings. The van der Waals surface area contributed by atoms with Gasteiger partial charge in [0.15, 0.2) is 0 Å². The predicted octanol–water partition coefficient (Wildman–Crippen LogP) is 3.02. The summed E-state index contributed by atoms with van der Waals surface area (Å²) in [6.45, 7) is 4.98. The van der Waals surface area contributed by atoms with Gasteiger partial charge in [-0.3, -0.25) is 4.90 Å². The summed E-state index contributed by atoms with van der Waals surface area (Å²) in [4.78, 5) is 2.44. The maximum atomic E-state index is 10.6. The summed E-state index contributed by atoms with van der Waals surface area (Å²) in [6.07, 6.45) is 2.55. The van der Waals surface area contributed by atoms with Crippen LogP contribution in [0.3, 0.4) is 0 Å². The first-order chi connectivity index (χ1) is 12.1. The second-order valence-corrected chi connectivity index (χ2v) is 7.18. The number of aromatic nitrogens is 1. The fourth-order valence-corrected chi connectivity index (χ4v) is 3.79. The fourth-order valence-electron chi connectivity index (χ4n) is 3.79. The topological polar surface area (TPSA) is 52.2 Å². The summed E-state index contributed by atoms with van der Waals surface area (Å²) in [5.74, 6) is 0.378. The molecule has 4 nitrogen and oxygen atoms in total. The summed E-state index contributed by atoms with van der Waals surface area (Å²) in [6, 6.07) is 14.5. The average molecular weight is 337 g/mol. The van der Waals surface area contributed by atoms with Gasteiger partial charge in [0.25, 0.3) is 0 Å². The molecule has 1 N–H and O–H groups in total. The predicted molar refractivity (Wildman–Crippen MR) is 99.0 cm³/mol. The van der Waals surface area contributed by atoms with Crippen molar-refractivity contribution in [3.63, 3.8) is 0 Å². The quantitative estimate of drug-likeness (QED) is 0.912. The number of hydrogen-bond donors (Lipinski definition) is 1. The van der Waals surface area contributed by atoms with Gasteiger partial charge in [0.05, 0.1) is 6.10 Å².